The van der Waals surface area contributed by atoms with E-state index in [4.69, 9.17) is 4.42 Å². The summed E-state index contributed by atoms with van der Waals surface area (Å²) in [7, 11) is 0. The van der Waals surface area contributed by atoms with E-state index in [1.54, 1.807) is 19.1 Å². The van der Waals surface area contributed by atoms with Gasteiger partial charge in [0.25, 0.3) is 0 Å². The van der Waals surface area contributed by atoms with Crippen molar-refractivity contribution < 1.29 is 14.3 Å². The molecule has 3 rings (SSSR count). The van der Waals surface area contributed by atoms with Gasteiger partial charge in [-0.25, -0.2) is 4.99 Å². The number of hydrogen-bond acceptors (Lipinski definition) is 7. The van der Waals surface area contributed by atoms with Gasteiger partial charge in [-0.15, -0.1) is 0 Å². The van der Waals surface area contributed by atoms with Crippen LogP contribution in [0.15, 0.2) is 97.8 Å². The van der Waals surface area contributed by atoms with Gasteiger partial charge in [-0.05, 0) is 95.1 Å². The number of carbonyl (C=O) groups excluding carboxylic acids is 1. The van der Waals surface area contributed by atoms with Gasteiger partial charge in [0.05, 0.1) is 5.70 Å². The van der Waals surface area contributed by atoms with Gasteiger partial charge in [0.1, 0.15) is 17.3 Å². The van der Waals surface area contributed by atoms with E-state index in [1.807, 2.05) is 72.8 Å². The fourth-order valence-electron chi connectivity index (χ4n) is 6.16. The molecule has 0 bridgehead atoms. The lowest BCUT2D eigenvalue weighted by molar-refractivity contribution is -0.115. The quantitative estimate of drug-likeness (QED) is 0.0895. The number of nitrogens with one attached hydrogen (secondary N) is 1. The molecule has 7 nitrogen and oxygen atoms in total. The predicted octanol–water partition coefficient (Wildman–Crippen LogP) is 10.2. The van der Waals surface area contributed by atoms with Crippen molar-refractivity contribution in [3.05, 3.63) is 105 Å². The van der Waals surface area contributed by atoms with Crippen molar-refractivity contribution in [2.24, 2.45) is 10.9 Å². The summed E-state index contributed by atoms with van der Waals surface area (Å²) in [6, 6.07) is 1.59. The number of aliphatic hydroxyl groups excluding tert-OH is 1. The normalized spacial score (nSPS) is 17.2. The van der Waals surface area contributed by atoms with Gasteiger partial charge >= 0.3 is 0 Å². The molecule has 2 fully saturated rings. The Balaban J connectivity index is 0.00000392. The van der Waals surface area contributed by atoms with Crippen LogP contribution in [0.2, 0.25) is 0 Å². The van der Waals surface area contributed by atoms with Gasteiger partial charge in [-0.3, -0.25) is 9.59 Å². The zero-order chi connectivity index (χ0) is 35.8. The second kappa shape index (κ2) is 20.3. The third kappa shape index (κ3) is 11.5. The van der Waals surface area contributed by atoms with Crippen LogP contribution < -0.4 is 15.6 Å². The number of allylic oxidation sites excluding steroid dienone is 9. The molecule has 1 aliphatic heterocycles. The number of aliphatic imine (C=N–C) groups is 1. The van der Waals surface area contributed by atoms with Gasteiger partial charge in [-0.2, -0.15) is 0 Å². The summed E-state index contributed by atoms with van der Waals surface area (Å²) >= 11 is 0. The van der Waals surface area contributed by atoms with Crippen LogP contribution in [0.25, 0.3) is 5.57 Å². The van der Waals surface area contributed by atoms with Crippen molar-refractivity contribution in [3.63, 3.8) is 0 Å². The first-order valence-electron chi connectivity index (χ1n) is 17.7. The molecule has 1 aromatic rings. The average Bonchev–Trinajstić information content (AvgIpc) is 3.61. The van der Waals surface area contributed by atoms with E-state index < -0.39 is 0 Å². The highest BCUT2D eigenvalue weighted by atomic mass is 16.4. The van der Waals surface area contributed by atoms with E-state index in [-0.39, 0.29) is 17.0 Å². The molecule has 7 heteroatoms. The Morgan fingerprint density at radius 1 is 1.06 bits per heavy atom. The molecule has 1 saturated heterocycles. The number of nitrogens with zero attached hydrogens (tertiary/aromatic N) is 2. The second-order valence-electron chi connectivity index (χ2n) is 12.3. The number of hydrogen-bond donors (Lipinski definition) is 2. The van der Waals surface area contributed by atoms with Gasteiger partial charge in [0.15, 0.2) is 17.1 Å². The number of anilines is 1. The van der Waals surface area contributed by atoms with Gasteiger partial charge in [-0.1, -0.05) is 77.8 Å². The third-order valence-electron chi connectivity index (χ3n) is 8.91. The van der Waals surface area contributed by atoms with E-state index in [0.717, 1.165) is 54.6 Å². The molecule has 0 amide bonds. The fourth-order valence-corrected chi connectivity index (χ4v) is 6.16. The fraction of sp³-hybridized carbons (Fsp3) is 0.488. The lowest BCUT2D eigenvalue weighted by Gasteiger charge is -2.27. The summed E-state index contributed by atoms with van der Waals surface area (Å²) in [5.41, 5.74) is 4.88. The van der Waals surface area contributed by atoms with Gasteiger partial charge < -0.3 is 19.7 Å². The maximum Gasteiger partial charge on any atom is 0.199 e. The highest BCUT2D eigenvalue weighted by Crippen LogP contribution is 2.32. The molecule has 0 aromatic carbocycles. The Kier molecular flexibility index (Phi) is 16.9. The molecule has 0 atom stereocenters. The number of ketones is 1. The van der Waals surface area contributed by atoms with E-state index in [2.05, 4.69) is 28.4 Å². The van der Waals surface area contributed by atoms with Crippen LogP contribution in [-0.4, -0.2) is 29.7 Å². The van der Waals surface area contributed by atoms with E-state index in [0.29, 0.717) is 46.8 Å². The Bertz CT molecular complexity index is 1540. The minimum Gasteiger partial charge on any atom is -0.506 e. The SMILES string of the molecule is C=C(\N=C(C)/C(=C\C)/C=C(\CC1CCCC1)C(=O)CC)N/C(=C/C=C(C)/C(=C/C)c1oc(N2CCCCC2)cc(=O)c1C)C(=C)O.CC. The molecule has 2 heterocycles. The van der Waals surface area contributed by atoms with Crippen LogP contribution in [-0.2, 0) is 4.79 Å². The van der Waals surface area contributed by atoms with Crippen molar-refractivity contribution in [1.82, 2.24) is 5.32 Å². The molecular weight excluding hydrogens is 598 g/mol. The standard InChI is InChI=1S/C39H53N3O4.C2H6/c1-9-32(24-33(36(44)11-3)23-31-17-13-14-18-31)28(6)40-30(8)41-35(29(7)43)20-19-26(4)34(10-2)39-27(5)37(45)25-38(46-39)42-21-15-12-16-22-42;1-2/h9-10,19-20,24-25,31,41,43H,7-8,11-18,21-23H2,1-6H3;1-2H3/b26-19+,32-9-,33-24+,34-10-,35-20+,40-28-;. The molecule has 1 aliphatic carbocycles. The number of carbonyl (C=O) groups is 1. The largest absolute Gasteiger partial charge is 0.506 e. The molecule has 2 aliphatic rings. The molecule has 48 heavy (non-hydrogen) atoms. The monoisotopic (exact) mass is 657 g/mol. The lowest BCUT2D eigenvalue weighted by atomic mass is 9.92. The van der Waals surface area contributed by atoms with E-state index in [1.165, 1.54) is 32.1 Å². The summed E-state index contributed by atoms with van der Waals surface area (Å²) in [5.74, 6) is 2.03. The third-order valence-corrected chi connectivity index (χ3v) is 8.91. The van der Waals surface area contributed by atoms with E-state index >= 15 is 0 Å². The maximum absolute atomic E-state index is 12.9. The average molecular weight is 658 g/mol. The Labute approximate surface area is 289 Å². The van der Waals surface area contributed by atoms with Crippen molar-refractivity contribution in [2.75, 3.05) is 18.0 Å². The molecule has 1 aromatic heterocycles. The molecule has 2 N–H and O–H groups in total. The topological polar surface area (TPSA) is 95.1 Å². The van der Waals surface area contributed by atoms with Crippen LogP contribution >= 0.6 is 0 Å². The summed E-state index contributed by atoms with van der Waals surface area (Å²) < 4.78 is 6.34. The van der Waals surface area contributed by atoms with Gasteiger partial charge in [0.2, 0.25) is 0 Å². The number of rotatable bonds is 14. The highest BCUT2D eigenvalue weighted by molar-refractivity contribution is 6.04. The van der Waals surface area contributed by atoms with Crippen molar-refractivity contribution >= 4 is 23.0 Å². The molecular formula is C41H59N3O4. The summed E-state index contributed by atoms with van der Waals surface area (Å²) in [5, 5.41) is 13.5. The zero-order valence-electron chi connectivity index (χ0n) is 30.8. The molecule has 1 saturated carbocycles. The maximum atomic E-state index is 12.9. The molecule has 0 spiro atoms. The van der Waals surface area contributed by atoms with Crippen LogP contribution in [0, 0.1) is 12.8 Å². The minimum absolute atomic E-state index is 0.0554. The molecule has 262 valence electrons. The van der Waals surface area contributed by atoms with Crippen LogP contribution in [0.1, 0.15) is 118 Å². The number of piperidine rings is 1. The van der Waals surface area contributed by atoms with Gasteiger partial charge in [0, 0.05) is 42.4 Å². The second-order valence-corrected chi connectivity index (χ2v) is 12.3. The first-order valence-corrected chi connectivity index (χ1v) is 17.7. The van der Waals surface area contributed by atoms with Crippen molar-refractivity contribution in [2.45, 2.75) is 113 Å². The van der Waals surface area contributed by atoms with Crippen LogP contribution in [0.4, 0.5) is 5.88 Å². The first kappa shape index (κ1) is 40.0. The Morgan fingerprint density at radius 2 is 1.71 bits per heavy atom. The number of Topliss-reactive ketones (excluding diaryl/α,β-unsaturated/α-hetero) is 1. The summed E-state index contributed by atoms with van der Waals surface area (Å²) in [6.07, 6.45) is 18.8. The summed E-state index contributed by atoms with van der Waals surface area (Å²) in [4.78, 5) is 32.5. The molecule has 0 radical (unpaired) electrons. The van der Waals surface area contributed by atoms with Crippen LogP contribution in [0.3, 0.4) is 0 Å². The summed E-state index contributed by atoms with van der Waals surface area (Å²) in [6.45, 7) is 24.9. The zero-order valence-corrected chi connectivity index (χ0v) is 30.8. The van der Waals surface area contributed by atoms with E-state index in [9.17, 15) is 14.7 Å². The highest BCUT2D eigenvalue weighted by Gasteiger charge is 2.21. The lowest BCUT2D eigenvalue weighted by Crippen LogP contribution is -2.30. The minimum atomic E-state index is -0.173. The predicted molar refractivity (Wildman–Crippen MR) is 203 cm³/mol. The Hall–Kier alpha value is -4.13. The van der Waals surface area contributed by atoms with Crippen molar-refractivity contribution in [1.29, 1.82) is 0 Å². The smallest absolute Gasteiger partial charge is 0.199 e. The van der Waals surface area contributed by atoms with Crippen molar-refractivity contribution in [3.8, 4) is 0 Å². The number of aliphatic hydroxyl groups is 1. The molecule has 0 unspecified atom stereocenters. The first-order chi connectivity index (χ1) is 23.0. The Morgan fingerprint density at radius 3 is 2.27 bits per heavy atom. The van der Waals surface area contributed by atoms with Crippen LogP contribution in [0.5, 0.6) is 0 Å².